The Morgan fingerprint density at radius 1 is 1.24 bits per heavy atom. The molecule has 1 N–H and O–H groups in total. The molecule has 1 heterocycles. The average molecular weight is 360 g/mol. The maximum atomic E-state index is 11.9. The first-order chi connectivity index (χ1) is 8.11. The maximum absolute atomic E-state index is 11.9. The first-order valence-corrected chi connectivity index (χ1v) is 6.92. The van der Waals surface area contributed by atoms with Crippen LogP contribution in [0.1, 0.15) is 18.2 Å². The van der Waals surface area contributed by atoms with E-state index in [9.17, 15) is 4.79 Å². The van der Waals surface area contributed by atoms with Crippen molar-refractivity contribution >= 4 is 31.9 Å². The van der Waals surface area contributed by atoms with Crippen LogP contribution >= 0.6 is 31.9 Å². The molecule has 0 unspecified atom stereocenters. The Bertz CT molecular complexity index is 569. The van der Waals surface area contributed by atoms with Gasteiger partial charge in [-0.1, -0.05) is 35.0 Å². The first kappa shape index (κ1) is 12.6. The van der Waals surface area contributed by atoms with Gasteiger partial charge in [0.15, 0.2) is 0 Å². The summed E-state index contributed by atoms with van der Waals surface area (Å²) in [5, 5.41) is 3.11. The lowest BCUT2D eigenvalue weighted by atomic mass is 10.2. The number of hydrogen-bond donors (Lipinski definition) is 1. The summed E-state index contributed by atoms with van der Waals surface area (Å²) in [5.74, 6) is 0. The molecule has 1 aromatic carbocycles. The predicted molar refractivity (Wildman–Crippen MR) is 75.4 cm³/mol. The van der Waals surface area contributed by atoms with Gasteiger partial charge in [-0.15, -0.1) is 0 Å². The van der Waals surface area contributed by atoms with Gasteiger partial charge in [-0.25, -0.2) is 4.68 Å². The number of rotatable bonds is 3. The van der Waals surface area contributed by atoms with E-state index in [0.717, 1.165) is 22.2 Å². The zero-order valence-corrected chi connectivity index (χ0v) is 12.5. The van der Waals surface area contributed by atoms with Crippen molar-refractivity contribution < 1.29 is 0 Å². The highest BCUT2D eigenvalue weighted by Crippen LogP contribution is 2.13. The van der Waals surface area contributed by atoms with Gasteiger partial charge in [0.2, 0.25) is 0 Å². The van der Waals surface area contributed by atoms with E-state index < -0.39 is 0 Å². The highest BCUT2D eigenvalue weighted by molar-refractivity contribution is 9.10. The molecule has 90 valence electrons. The minimum absolute atomic E-state index is 0.00947. The molecule has 1 aromatic heterocycles. The predicted octanol–water partition coefficient (Wildman–Crippen LogP) is 3.31. The maximum Gasteiger partial charge on any atom is 0.281 e. The summed E-state index contributed by atoms with van der Waals surface area (Å²) in [4.78, 5) is 11.9. The Morgan fingerprint density at radius 2 is 1.88 bits per heavy atom. The Hall–Kier alpha value is -0.810. The molecule has 2 aromatic rings. The lowest BCUT2D eigenvalue weighted by Gasteiger charge is -2.02. The van der Waals surface area contributed by atoms with Crippen LogP contribution in [0, 0.1) is 0 Å². The van der Waals surface area contributed by atoms with Crippen molar-refractivity contribution in [3.63, 3.8) is 0 Å². The largest absolute Gasteiger partial charge is 0.298 e. The third-order valence-electron chi connectivity index (χ3n) is 2.58. The molecular formula is C12H12Br2N2O. The van der Waals surface area contributed by atoms with Gasteiger partial charge in [0, 0.05) is 4.47 Å². The summed E-state index contributed by atoms with van der Waals surface area (Å²) >= 11 is 6.70. The summed E-state index contributed by atoms with van der Waals surface area (Å²) in [6.07, 6.45) is 0.809. The number of H-pyrrole nitrogens is 1. The Labute approximate surface area is 116 Å². The molecule has 0 atom stereocenters. The lowest BCUT2D eigenvalue weighted by molar-refractivity contribution is 0.652. The van der Waals surface area contributed by atoms with Gasteiger partial charge >= 0.3 is 0 Å². The number of nitrogens with zero attached hydrogens (tertiary/aromatic N) is 1. The van der Waals surface area contributed by atoms with Crippen LogP contribution in [-0.4, -0.2) is 9.78 Å². The van der Waals surface area contributed by atoms with E-state index in [0.29, 0.717) is 11.0 Å². The van der Waals surface area contributed by atoms with E-state index in [1.165, 1.54) is 0 Å². The number of hydrogen-bond acceptors (Lipinski definition) is 1. The van der Waals surface area contributed by atoms with Gasteiger partial charge in [0.1, 0.15) is 4.47 Å². The first-order valence-electron chi connectivity index (χ1n) is 5.33. The molecule has 0 amide bonds. The van der Waals surface area contributed by atoms with Crippen LogP contribution in [0.15, 0.2) is 38.0 Å². The second-order valence-corrected chi connectivity index (χ2v) is 5.48. The van der Waals surface area contributed by atoms with Gasteiger partial charge in [0.25, 0.3) is 5.56 Å². The Balaban J connectivity index is 2.30. The van der Waals surface area contributed by atoms with Crippen molar-refractivity contribution in [3.05, 3.63) is 54.8 Å². The summed E-state index contributed by atoms with van der Waals surface area (Å²) in [6.45, 7) is 2.57. The lowest BCUT2D eigenvalue weighted by Crippen LogP contribution is -2.17. The molecule has 0 saturated carbocycles. The highest BCUT2D eigenvalue weighted by atomic mass is 79.9. The summed E-state index contributed by atoms with van der Waals surface area (Å²) in [5.41, 5.74) is 2.02. The molecule has 0 radical (unpaired) electrons. The number of halogens is 2. The van der Waals surface area contributed by atoms with E-state index >= 15 is 0 Å². The van der Waals surface area contributed by atoms with Gasteiger partial charge in [-0.05, 0) is 40.0 Å². The Kier molecular flexibility index (Phi) is 3.89. The van der Waals surface area contributed by atoms with Crippen LogP contribution in [0.25, 0.3) is 0 Å². The summed E-state index contributed by atoms with van der Waals surface area (Å²) in [6, 6.07) is 7.94. The molecule has 0 aliphatic heterocycles. The van der Waals surface area contributed by atoms with Crippen molar-refractivity contribution in [1.82, 2.24) is 9.78 Å². The SMILES string of the molecule is CCc1[nH]n(Cc2ccc(Br)cc2)c(=O)c1Br. The second kappa shape index (κ2) is 5.23. The fraction of sp³-hybridized carbons (Fsp3) is 0.250. The van der Waals surface area contributed by atoms with Gasteiger partial charge < -0.3 is 0 Å². The van der Waals surface area contributed by atoms with Crippen molar-refractivity contribution in [2.75, 3.05) is 0 Å². The monoisotopic (exact) mass is 358 g/mol. The number of aromatic nitrogens is 2. The smallest absolute Gasteiger partial charge is 0.281 e. The normalized spacial score (nSPS) is 10.8. The topological polar surface area (TPSA) is 37.8 Å². The molecule has 0 aliphatic rings. The molecular weight excluding hydrogens is 348 g/mol. The van der Waals surface area contributed by atoms with Crippen LogP contribution in [0.3, 0.4) is 0 Å². The molecule has 0 fully saturated rings. The number of nitrogens with one attached hydrogen (secondary N) is 1. The van der Waals surface area contributed by atoms with Crippen LogP contribution in [-0.2, 0) is 13.0 Å². The van der Waals surface area contributed by atoms with Crippen molar-refractivity contribution in [2.24, 2.45) is 0 Å². The molecule has 0 spiro atoms. The Morgan fingerprint density at radius 3 is 2.41 bits per heavy atom. The molecule has 0 saturated heterocycles. The minimum Gasteiger partial charge on any atom is -0.298 e. The highest BCUT2D eigenvalue weighted by Gasteiger charge is 2.09. The fourth-order valence-electron chi connectivity index (χ4n) is 1.63. The van der Waals surface area contributed by atoms with Crippen LogP contribution < -0.4 is 5.56 Å². The van der Waals surface area contributed by atoms with E-state index in [4.69, 9.17) is 0 Å². The van der Waals surface area contributed by atoms with Gasteiger partial charge in [-0.2, -0.15) is 0 Å². The van der Waals surface area contributed by atoms with Crippen LogP contribution in [0.5, 0.6) is 0 Å². The minimum atomic E-state index is -0.00947. The second-order valence-electron chi connectivity index (χ2n) is 3.78. The molecule has 0 aliphatic carbocycles. The van der Waals surface area contributed by atoms with E-state index in [2.05, 4.69) is 37.0 Å². The zero-order valence-electron chi connectivity index (χ0n) is 9.34. The zero-order chi connectivity index (χ0) is 12.4. The van der Waals surface area contributed by atoms with Crippen molar-refractivity contribution in [3.8, 4) is 0 Å². The van der Waals surface area contributed by atoms with Crippen LogP contribution in [0.4, 0.5) is 0 Å². The molecule has 3 nitrogen and oxygen atoms in total. The van der Waals surface area contributed by atoms with Crippen molar-refractivity contribution in [1.29, 1.82) is 0 Å². The molecule has 2 rings (SSSR count). The number of benzene rings is 1. The molecule has 17 heavy (non-hydrogen) atoms. The van der Waals surface area contributed by atoms with E-state index in [-0.39, 0.29) is 5.56 Å². The summed E-state index contributed by atoms with van der Waals surface area (Å²) in [7, 11) is 0. The summed E-state index contributed by atoms with van der Waals surface area (Å²) < 4.78 is 3.29. The third kappa shape index (κ3) is 2.72. The van der Waals surface area contributed by atoms with Crippen molar-refractivity contribution in [2.45, 2.75) is 19.9 Å². The fourth-order valence-corrected chi connectivity index (χ4v) is 2.48. The van der Waals surface area contributed by atoms with E-state index in [1.807, 2.05) is 31.2 Å². The molecule has 5 heteroatoms. The standard InChI is InChI=1S/C12H12Br2N2O/c1-2-10-11(14)12(17)16(15-10)7-8-3-5-9(13)6-4-8/h3-6,15H,2,7H2,1H3. The average Bonchev–Trinajstić information content (AvgIpc) is 2.60. The van der Waals surface area contributed by atoms with Gasteiger partial charge in [0.05, 0.1) is 12.2 Å². The number of aromatic amines is 1. The van der Waals surface area contributed by atoms with E-state index in [1.54, 1.807) is 4.68 Å². The third-order valence-corrected chi connectivity index (χ3v) is 3.92. The van der Waals surface area contributed by atoms with Gasteiger partial charge in [-0.3, -0.25) is 9.89 Å². The number of aryl methyl sites for hydroxylation is 1. The molecule has 0 bridgehead atoms. The quantitative estimate of drug-likeness (QED) is 0.896. The van der Waals surface area contributed by atoms with Crippen LogP contribution in [0.2, 0.25) is 0 Å².